The number of hydrogen-bond donors (Lipinski definition) is 1. The normalized spacial score (nSPS) is 18.0. The van der Waals surface area contributed by atoms with Gasteiger partial charge in [0.2, 0.25) is 0 Å². The number of nitrogens with zero attached hydrogens (tertiary/aromatic N) is 1. The van der Waals surface area contributed by atoms with Crippen molar-refractivity contribution in [3.05, 3.63) is 74.3 Å². The predicted molar refractivity (Wildman–Crippen MR) is 99.6 cm³/mol. The van der Waals surface area contributed by atoms with Crippen molar-refractivity contribution in [2.75, 3.05) is 6.61 Å². The molecule has 2 aromatic carbocycles. The maximum atomic E-state index is 12.1. The summed E-state index contributed by atoms with van der Waals surface area (Å²) in [6, 6.07) is 12.5. The molecule has 1 unspecified atom stereocenters. The predicted octanol–water partition coefficient (Wildman–Crippen LogP) is 3.67. The topological polar surface area (TPSA) is 98.5 Å². The summed E-state index contributed by atoms with van der Waals surface area (Å²) in [5.74, 6) is 0.179. The van der Waals surface area contributed by atoms with E-state index < -0.39 is 14.9 Å². The van der Waals surface area contributed by atoms with Crippen LogP contribution in [0.2, 0.25) is 0 Å². The van der Waals surface area contributed by atoms with Gasteiger partial charge in [-0.1, -0.05) is 44.6 Å². The molecule has 0 aliphatic heterocycles. The Labute approximate surface area is 159 Å². The zero-order chi connectivity index (χ0) is 18.7. The number of sulfonamides is 1. The van der Waals surface area contributed by atoms with Crippen molar-refractivity contribution in [3.63, 3.8) is 0 Å². The molecule has 9 heteroatoms. The summed E-state index contributed by atoms with van der Waals surface area (Å²) in [6.45, 7) is 0.231. The van der Waals surface area contributed by atoms with Gasteiger partial charge in [0.05, 0.1) is 16.4 Å². The molecule has 0 bridgehead atoms. The molecule has 2 aromatic rings. The summed E-state index contributed by atoms with van der Waals surface area (Å²) in [4.78, 5) is 17.1. The molecular weight excluding hydrogens is 424 g/mol. The Bertz CT molecular complexity index is 940. The van der Waals surface area contributed by atoms with Crippen molar-refractivity contribution in [3.8, 4) is 0 Å². The van der Waals surface area contributed by atoms with Gasteiger partial charge in [-0.05, 0) is 36.2 Å². The molecule has 0 saturated heterocycles. The Hall–Kier alpha value is -2.07. The first-order valence-electron chi connectivity index (χ1n) is 7.69. The average Bonchev–Trinajstić information content (AvgIpc) is 3.34. The average molecular weight is 439 g/mol. The molecule has 26 heavy (non-hydrogen) atoms. The lowest BCUT2D eigenvalue weighted by atomic mass is 10.2. The van der Waals surface area contributed by atoms with E-state index in [1.54, 1.807) is 0 Å². The fourth-order valence-corrected chi connectivity index (χ4v) is 3.43. The lowest BCUT2D eigenvalue weighted by molar-refractivity contribution is -0.384. The standard InChI is InChI=1S/C17H15BrN2O5S/c18-15-3-1-12(2-4-15)9-13-10-14(13)11-25-19-26(23,24)17-7-5-16(6-8-17)20(21)22/h1-9,14,19H,10-11H2/b13-9+. The van der Waals surface area contributed by atoms with Crippen LogP contribution in [0.15, 0.2) is 63.5 Å². The molecule has 0 aromatic heterocycles. The third kappa shape index (κ3) is 4.76. The van der Waals surface area contributed by atoms with Gasteiger partial charge in [-0.2, -0.15) is 0 Å². The van der Waals surface area contributed by atoms with Crippen molar-refractivity contribution in [1.82, 2.24) is 4.89 Å². The van der Waals surface area contributed by atoms with Gasteiger partial charge >= 0.3 is 0 Å². The van der Waals surface area contributed by atoms with Gasteiger partial charge < -0.3 is 0 Å². The fourth-order valence-electron chi connectivity index (χ4n) is 2.35. The Kier molecular flexibility index (Phi) is 5.52. The third-order valence-electron chi connectivity index (χ3n) is 3.88. The van der Waals surface area contributed by atoms with Gasteiger partial charge in [-0.15, -0.1) is 0 Å². The van der Waals surface area contributed by atoms with Crippen LogP contribution in [0.25, 0.3) is 6.08 Å². The van der Waals surface area contributed by atoms with Crippen LogP contribution in [-0.4, -0.2) is 19.9 Å². The molecule has 0 spiro atoms. The Morgan fingerprint density at radius 2 is 1.85 bits per heavy atom. The molecule has 0 heterocycles. The number of benzene rings is 2. The van der Waals surface area contributed by atoms with Crippen molar-refractivity contribution >= 4 is 37.7 Å². The molecule has 1 atom stereocenters. The van der Waals surface area contributed by atoms with Crippen LogP contribution >= 0.6 is 15.9 Å². The highest BCUT2D eigenvalue weighted by Gasteiger charge is 2.30. The number of nitro benzene ring substituents is 1. The Morgan fingerprint density at radius 1 is 1.19 bits per heavy atom. The largest absolute Gasteiger partial charge is 0.286 e. The van der Waals surface area contributed by atoms with Crippen LogP contribution in [0.4, 0.5) is 5.69 Å². The molecule has 0 radical (unpaired) electrons. The highest BCUT2D eigenvalue weighted by Crippen LogP contribution is 2.39. The second-order valence-electron chi connectivity index (χ2n) is 5.82. The first kappa shape index (κ1) is 18.7. The number of hydrogen-bond acceptors (Lipinski definition) is 5. The van der Waals surface area contributed by atoms with Crippen LogP contribution in [0.1, 0.15) is 12.0 Å². The molecular formula is C17H15BrN2O5S. The lowest BCUT2D eigenvalue weighted by Crippen LogP contribution is -2.25. The fraction of sp³-hybridized carbons (Fsp3) is 0.176. The smallest absolute Gasteiger partial charge is 0.269 e. The van der Waals surface area contributed by atoms with E-state index in [2.05, 4.69) is 26.9 Å². The summed E-state index contributed by atoms with van der Waals surface area (Å²) >= 11 is 3.38. The molecule has 1 saturated carbocycles. The van der Waals surface area contributed by atoms with E-state index in [1.165, 1.54) is 17.7 Å². The van der Waals surface area contributed by atoms with E-state index in [9.17, 15) is 18.5 Å². The van der Waals surface area contributed by atoms with Gasteiger partial charge in [0.1, 0.15) is 0 Å². The molecule has 1 fully saturated rings. The minimum Gasteiger partial charge on any atom is -0.286 e. The van der Waals surface area contributed by atoms with E-state index in [0.29, 0.717) is 0 Å². The summed E-state index contributed by atoms with van der Waals surface area (Å²) in [7, 11) is -3.87. The third-order valence-corrected chi connectivity index (χ3v) is 5.64. The van der Waals surface area contributed by atoms with Gasteiger partial charge in [-0.25, -0.2) is 8.42 Å². The van der Waals surface area contributed by atoms with Gasteiger partial charge in [0, 0.05) is 22.5 Å². The van der Waals surface area contributed by atoms with Crippen molar-refractivity contribution in [2.24, 2.45) is 5.92 Å². The number of nitro groups is 1. The van der Waals surface area contributed by atoms with Crippen molar-refractivity contribution < 1.29 is 18.2 Å². The second-order valence-corrected chi connectivity index (χ2v) is 8.38. The zero-order valence-corrected chi connectivity index (χ0v) is 15.9. The van der Waals surface area contributed by atoms with E-state index in [1.807, 2.05) is 24.3 Å². The van der Waals surface area contributed by atoms with E-state index in [4.69, 9.17) is 4.84 Å². The van der Waals surface area contributed by atoms with Crippen LogP contribution in [0.3, 0.4) is 0 Å². The van der Waals surface area contributed by atoms with Crippen LogP contribution in [0.5, 0.6) is 0 Å². The van der Waals surface area contributed by atoms with Crippen LogP contribution in [-0.2, 0) is 14.9 Å². The zero-order valence-electron chi connectivity index (χ0n) is 13.5. The molecule has 3 rings (SSSR count). The number of halogens is 1. The number of non-ortho nitro benzene ring substituents is 1. The van der Waals surface area contributed by atoms with Crippen molar-refractivity contribution in [1.29, 1.82) is 0 Å². The first-order chi connectivity index (χ1) is 12.3. The van der Waals surface area contributed by atoms with Gasteiger partial charge in [0.15, 0.2) is 0 Å². The highest BCUT2D eigenvalue weighted by atomic mass is 79.9. The van der Waals surface area contributed by atoms with E-state index in [-0.39, 0.29) is 23.1 Å². The lowest BCUT2D eigenvalue weighted by Gasteiger charge is -2.06. The molecule has 7 nitrogen and oxygen atoms in total. The summed E-state index contributed by atoms with van der Waals surface area (Å²) in [5, 5.41) is 10.6. The molecule has 0 amide bonds. The Morgan fingerprint density at radius 3 is 2.46 bits per heavy atom. The first-order valence-corrected chi connectivity index (χ1v) is 9.97. The molecule has 136 valence electrons. The van der Waals surface area contributed by atoms with Crippen LogP contribution < -0.4 is 4.89 Å². The monoisotopic (exact) mass is 438 g/mol. The van der Waals surface area contributed by atoms with E-state index in [0.717, 1.165) is 28.6 Å². The highest BCUT2D eigenvalue weighted by molar-refractivity contribution is 9.10. The van der Waals surface area contributed by atoms with Crippen molar-refractivity contribution in [2.45, 2.75) is 11.3 Å². The molecule has 1 aliphatic rings. The minimum absolute atomic E-state index is 0.0930. The maximum Gasteiger partial charge on any atom is 0.269 e. The minimum atomic E-state index is -3.87. The van der Waals surface area contributed by atoms with Gasteiger partial charge in [0.25, 0.3) is 15.7 Å². The van der Waals surface area contributed by atoms with Gasteiger partial charge in [-0.3, -0.25) is 15.0 Å². The Balaban J connectivity index is 1.51. The summed E-state index contributed by atoms with van der Waals surface area (Å²) < 4.78 is 25.2. The van der Waals surface area contributed by atoms with Crippen LogP contribution in [0, 0.1) is 16.0 Å². The second kappa shape index (κ2) is 7.67. The SMILES string of the molecule is O=[N+]([O-])c1ccc(S(=O)(=O)NOCC2C/C2=C\c2ccc(Br)cc2)cc1. The maximum absolute atomic E-state index is 12.1. The summed E-state index contributed by atoms with van der Waals surface area (Å²) in [6.07, 6.45) is 2.92. The molecule has 1 aliphatic carbocycles. The van der Waals surface area contributed by atoms with E-state index >= 15 is 0 Å². The molecule has 1 N–H and O–H groups in total. The number of nitrogens with one attached hydrogen (secondary N) is 1. The quantitative estimate of drug-likeness (QED) is 0.525. The summed E-state index contributed by atoms with van der Waals surface area (Å²) in [5.41, 5.74) is 2.10. The number of rotatable bonds is 7.